The molecule has 1 unspecified atom stereocenters. The van der Waals surface area contributed by atoms with Gasteiger partial charge in [0.2, 0.25) is 5.91 Å². The number of benzene rings is 1. The molecule has 1 aromatic rings. The van der Waals surface area contributed by atoms with Crippen LogP contribution in [0.15, 0.2) is 24.3 Å². The Morgan fingerprint density at radius 2 is 1.90 bits per heavy atom. The van der Waals surface area contributed by atoms with Gasteiger partial charge in [0.15, 0.2) is 0 Å². The Hall–Kier alpha value is -2.57. The molecule has 1 heterocycles. The summed E-state index contributed by atoms with van der Waals surface area (Å²) in [5, 5.41) is 2.71. The molecular formula is C22H32N2O5. The third-order valence-electron chi connectivity index (χ3n) is 4.69. The number of piperazine rings is 1. The van der Waals surface area contributed by atoms with Crippen molar-refractivity contribution in [1.29, 1.82) is 0 Å². The first-order valence-electron chi connectivity index (χ1n) is 10.4. The lowest BCUT2D eigenvalue weighted by atomic mass is 10.1. The molecule has 1 aliphatic heterocycles. The van der Waals surface area contributed by atoms with E-state index in [-0.39, 0.29) is 24.3 Å². The van der Waals surface area contributed by atoms with Crippen LogP contribution in [0, 0.1) is 0 Å². The fourth-order valence-electron chi connectivity index (χ4n) is 3.21. The minimum atomic E-state index is -0.864. The Labute approximate surface area is 172 Å². The molecule has 2 rings (SSSR count). The van der Waals surface area contributed by atoms with Gasteiger partial charge in [0, 0.05) is 18.7 Å². The van der Waals surface area contributed by atoms with Crippen LogP contribution in [-0.2, 0) is 14.3 Å². The van der Waals surface area contributed by atoms with Gasteiger partial charge in [0.1, 0.15) is 11.8 Å². The van der Waals surface area contributed by atoms with Crippen LogP contribution >= 0.6 is 0 Å². The zero-order chi connectivity index (χ0) is 21.2. The van der Waals surface area contributed by atoms with E-state index in [4.69, 9.17) is 9.47 Å². The summed E-state index contributed by atoms with van der Waals surface area (Å²) in [5.41, 5.74) is 0.459. The minimum Gasteiger partial charge on any atom is -0.494 e. The average Bonchev–Trinajstić information content (AvgIpc) is 2.69. The van der Waals surface area contributed by atoms with E-state index in [0.717, 1.165) is 12.8 Å². The lowest BCUT2D eigenvalue weighted by molar-refractivity contribution is -0.151. The SMILES string of the molecule is CCCCCCOc1ccc(C(=O)N2CCNC(=O)C2CC(=O)OC(C)C)cc1. The summed E-state index contributed by atoms with van der Waals surface area (Å²) >= 11 is 0. The largest absolute Gasteiger partial charge is 0.494 e. The molecule has 1 fully saturated rings. The second-order valence-electron chi connectivity index (χ2n) is 7.48. The van der Waals surface area contributed by atoms with Crippen molar-refractivity contribution in [2.24, 2.45) is 0 Å². The fraction of sp³-hybridized carbons (Fsp3) is 0.591. The van der Waals surface area contributed by atoms with E-state index >= 15 is 0 Å². The van der Waals surface area contributed by atoms with E-state index in [1.807, 2.05) is 0 Å². The average molecular weight is 405 g/mol. The first-order chi connectivity index (χ1) is 13.9. The standard InChI is InChI=1S/C22H32N2O5/c1-4-5-6-7-14-28-18-10-8-17(9-11-18)22(27)24-13-12-23-21(26)19(24)15-20(25)29-16(2)3/h8-11,16,19H,4-7,12-15H2,1-3H3,(H,23,26). The predicted octanol–water partition coefficient (Wildman–Crippen LogP) is 2.93. The highest BCUT2D eigenvalue weighted by molar-refractivity contribution is 5.99. The van der Waals surface area contributed by atoms with Crippen LogP contribution in [0.1, 0.15) is 63.2 Å². The number of carbonyl (C=O) groups is 3. The molecular weight excluding hydrogens is 372 g/mol. The molecule has 2 amide bonds. The van der Waals surface area contributed by atoms with Crippen LogP contribution in [0.3, 0.4) is 0 Å². The van der Waals surface area contributed by atoms with E-state index in [9.17, 15) is 14.4 Å². The highest BCUT2D eigenvalue weighted by Gasteiger charge is 2.35. The molecule has 29 heavy (non-hydrogen) atoms. The van der Waals surface area contributed by atoms with Crippen molar-refractivity contribution in [3.05, 3.63) is 29.8 Å². The first kappa shape index (κ1) is 22.7. The van der Waals surface area contributed by atoms with Crippen molar-refractivity contribution < 1.29 is 23.9 Å². The molecule has 160 valence electrons. The summed E-state index contributed by atoms with van der Waals surface area (Å²) in [5.74, 6) is -0.396. The third kappa shape index (κ3) is 7.07. The summed E-state index contributed by atoms with van der Waals surface area (Å²) in [6, 6.07) is 6.05. The summed E-state index contributed by atoms with van der Waals surface area (Å²) in [4.78, 5) is 38.7. The number of carbonyl (C=O) groups excluding carboxylic acids is 3. The Balaban J connectivity index is 1.98. The van der Waals surface area contributed by atoms with Crippen molar-refractivity contribution in [3.63, 3.8) is 0 Å². The van der Waals surface area contributed by atoms with Gasteiger partial charge >= 0.3 is 5.97 Å². The third-order valence-corrected chi connectivity index (χ3v) is 4.69. The maximum absolute atomic E-state index is 13.0. The van der Waals surface area contributed by atoms with Gasteiger partial charge < -0.3 is 19.7 Å². The summed E-state index contributed by atoms with van der Waals surface area (Å²) in [7, 11) is 0. The lowest BCUT2D eigenvalue weighted by Crippen LogP contribution is -2.57. The summed E-state index contributed by atoms with van der Waals surface area (Å²) in [6.45, 7) is 7.02. The van der Waals surface area contributed by atoms with E-state index in [2.05, 4.69) is 12.2 Å². The van der Waals surface area contributed by atoms with Crippen LogP contribution in [0.25, 0.3) is 0 Å². The lowest BCUT2D eigenvalue weighted by Gasteiger charge is -2.34. The molecule has 0 spiro atoms. The van der Waals surface area contributed by atoms with Gasteiger partial charge in [0.25, 0.3) is 5.91 Å². The maximum Gasteiger partial charge on any atom is 0.308 e. The number of esters is 1. The number of hydrogen-bond donors (Lipinski definition) is 1. The second-order valence-corrected chi connectivity index (χ2v) is 7.48. The minimum absolute atomic E-state index is 0.158. The van der Waals surface area contributed by atoms with Crippen molar-refractivity contribution in [2.45, 2.75) is 65.0 Å². The highest BCUT2D eigenvalue weighted by Crippen LogP contribution is 2.18. The number of hydrogen-bond acceptors (Lipinski definition) is 5. The molecule has 1 aliphatic rings. The molecule has 1 N–H and O–H groups in total. The van der Waals surface area contributed by atoms with Crippen LogP contribution in [0.2, 0.25) is 0 Å². The van der Waals surface area contributed by atoms with E-state index in [1.165, 1.54) is 17.7 Å². The maximum atomic E-state index is 13.0. The van der Waals surface area contributed by atoms with Crippen molar-refractivity contribution in [1.82, 2.24) is 10.2 Å². The van der Waals surface area contributed by atoms with Gasteiger partial charge in [-0.05, 0) is 44.5 Å². The molecule has 7 nitrogen and oxygen atoms in total. The first-order valence-corrected chi connectivity index (χ1v) is 10.4. The number of nitrogens with one attached hydrogen (secondary N) is 1. The number of nitrogens with zero attached hydrogens (tertiary/aromatic N) is 1. The monoisotopic (exact) mass is 404 g/mol. The zero-order valence-electron chi connectivity index (χ0n) is 17.6. The smallest absolute Gasteiger partial charge is 0.308 e. The quantitative estimate of drug-likeness (QED) is 0.479. The number of ether oxygens (including phenoxy) is 2. The molecule has 1 atom stereocenters. The van der Waals surface area contributed by atoms with Gasteiger partial charge in [-0.3, -0.25) is 14.4 Å². The van der Waals surface area contributed by atoms with Gasteiger partial charge in [-0.25, -0.2) is 0 Å². The summed E-state index contributed by atoms with van der Waals surface area (Å²) in [6.07, 6.45) is 4.10. The van der Waals surface area contributed by atoms with Crippen molar-refractivity contribution in [3.8, 4) is 5.75 Å². The topological polar surface area (TPSA) is 84.9 Å². The van der Waals surface area contributed by atoms with E-state index < -0.39 is 12.0 Å². The normalized spacial score (nSPS) is 16.5. The van der Waals surface area contributed by atoms with Crippen LogP contribution in [-0.4, -0.2) is 54.5 Å². The van der Waals surface area contributed by atoms with Crippen LogP contribution in [0.5, 0.6) is 5.75 Å². The van der Waals surface area contributed by atoms with Gasteiger partial charge in [-0.1, -0.05) is 26.2 Å². The van der Waals surface area contributed by atoms with Gasteiger partial charge in [0.05, 0.1) is 19.1 Å². The highest BCUT2D eigenvalue weighted by atomic mass is 16.5. The van der Waals surface area contributed by atoms with Crippen molar-refractivity contribution in [2.75, 3.05) is 19.7 Å². The molecule has 1 aromatic carbocycles. The zero-order valence-corrected chi connectivity index (χ0v) is 17.6. The molecule has 0 saturated carbocycles. The second kappa shape index (κ2) is 11.4. The van der Waals surface area contributed by atoms with Gasteiger partial charge in [-0.15, -0.1) is 0 Å². The Morgan fingerprint density at radius 3 is 2.55 bits per heavy atom. The number of amides is 2. The number of unbranched alkanes of at least 4 members (excludes halogenated alkanes) is 3. The van der Waals surface area contributed by atoms with E-state index in [0.29, 0.717) is 31.0 Å². The fourth-order valence-corrected chi connectivity index (χ4v) is 3.21. The summed E-state index contributed by atoms with van der Waals surface area (Å²) < 4.78 is 10.8. The van der Waals surface area contributed by atoms with Crippen molar-refractivity contribution >= 4 is 17.8 Å². The van der Waals surface area contributed by atoms with Crippen LogP contribution in [0.4, 0.5) is 0 Å². The Kier molecular flexibility index (Phi) is 8.96. The molecule has 7 heteroatoms. The molecule has 0 radical (unpaired) electrons. The molecule has 0 aliphatic carbocycles. The number of rotatable bonds is 10. The van der Waals surface area contributed by atoms with E-state index in [1.54, 1.807) is 38.1 Å². The van der Waals surface area contributed by atoms with Crippen LogP contribution < -0.4 is 10.1 Å². The predicted molar refractivity (Wildman–Crippen MR) is 110 cm³/mol. The molecule has 0 aromatic heterocycles. The molecule has 1 saturated heterocycles. The Morgan fingerprint density at radius 1 is 1.17 bits per heavy atom. The molecule has 0 bridgehead atoms. The Bertz CT molecular complexity index is 687. The van der Waals surface area contributed by atoms with Gasteiger partial charge in [-0.2, -0.15) is 0 Å².